The van der Waals surface area contributed by atoms with E-state index in [1.165, 1.54) is 68.4 Å². The number of hydrogen-bond donors (Lipinski definition) is 3. The molecule has 6 rings (SSSR count). The quantitative estimate of drug-likeness (QED) is 0.192. The molecule has 3 aromatic rings. The first-order chi connectivity index (χ1) is 23.8. The van der Waals surface area contributed by atoms with Crippen molar-refractivity contribution in [2.75, 3.05) is 0 Å². The van der Waals surface area contributed by atoms with Crippen LogP contribution in [0.15, 0.2) is 24.3 Å². The van der Waals surface area contributed by atoms with E-state index in [1.807, 2.05) is 6.08 Å². The largest absolute Gasteiger partial charge is 0.389 e. The summed E-state index contributed by atoms with van der Waals surface area (Å²) in [6.07, 6.45) is 15.8. The van der Waals surface area contributed by atoms with Gasteiger partial charge in [0.2, 0.25) is 0 Å². The van der Waals surface area contributed by atoms with E-state index >= 15 is 0 Å². The van der Waals surface area contributed by atoms with Crippen LogP contribution in [0.1, 0.15) is 157 Å². The summed E-state index contributed by atoms with van der Waals surface area (Å²) < 4.78 is 0. The Kier molecular flexibility index (Phi) is 10.8. The molecule has 1 atom stereocenters. The summed E-state index contributed by atoms with van der Waals surface area (Å²) in [5.74, 6) is 0.325. The van der Waals surface area contributed by atoms with Crippen molar-refractivity contribution >= 4 is 50.4 Å². The molecule has 8 bridgehead atoms. The van der Waals surface area contributed by atoms with Crippen LogP contribution >= 0.6 is 0 Å². The zero-order valence-corrected chi connectivity index (χ0v) is 31.4. The molecule has 49 heavy (non-hydrogen) atoms. The average Bonchev–Trinajstić information content (AvgIpc) is 3.94. The maximum absolute atomic E-state index is 11.4. The molecular formula is C44H58N4O. The van der Waals surface area contributed by atoms with E-state index in [9.17, 15) is 5.11 Å². The van der Waals surface area contributed by atoms with Crippen molar-refractivity contribution in [1.82, 2.24) is 19.9 Å². The fraction of sp³-hybridized carbons (Fsp3) is 0.500. The van der Waals surface area contributed by atoms with Crippen molar-refractivity contribution < 1.29 is 5.11 Å². The number of nitrogens with zero attached hydrogens (tertiary/aromatic N) is 2. The number of aliphatic hydroxyl groups is 1. The molecule has 3 aliphatic rings. The number of hydrogen-bond acceptors (Lipinski definition) is 3. The lowest BCUT2D eigenvalue weighted by Gasteiger charge is -2.14. The van der Waals surface area contributed by atoms with E-state index in [0.717, 1.165) is 104 Å². The van der Waals surface area contributed by atoms with E-state index < -0.39 is 6.10 Å². The molecule has 260 valence electrons. The molecule has 0 aromatic carbocycles. The molecule has 5 heterocycles. The molecular weight excluding hydrogens is 601 g/mol. The summed E-state index contributed by atoms with van der Waals surface area (Å²) in [6.45, 7) is 18.1. The number of aliphatic hydroxyl groups excluding tert-OH is 1. The fourth-order valence-corrected chi connectivity index (χ4v) is 9.03. The topological polar surface area (TPSA) is 77.6 Å². The smallest absolute Gasteiger partial charge is 0.0766 e. The van der Waals surface area contributed by atoms with Crippen molar-refractivity contribution in [3.63, 3.8) is 0 Å². The standard InChI is InChI=1S/C44H58N4O/c1-9-27-29(11-3)38-24-40-31(13-5)33(15-7)43(47-40)35(21-22-42(49)26-19-17-18-20-26)44-34(16-8)32(14-6)41(48-44)25-39-30(12-4)28(10-2)37(46-39)23-36(27)45-38/h21-26,42,45-46,49H,9-20H2,1-8H3/b22-21+,36-23?,37-23?,38-24?,39-25?,40-24?,41-25?,43-35?,44-35?. The molecule has 0 spiro atoms. The van der Waals surface area contributed by atoms with E-state index in [-0.39, 0.29) is 0 Å². The normalized spacial score (nSPS) is 16.2. The van der Waals surface area contributed by atoms with Gasteiger partial charge in [0.15, 0.2) is 0 Å². The number of rotatable bonds is 11. The second-order valence-electron chi connectivity index (χ2n) is 14.0. The van der Waals surface area contributed by atoms with Crippen LogP contribution in [0.4, 0.5) is 0 Å². The number of aromatic amines is 2. The van der Waals surface area contributed by atoms with E-state index in [0.29, 0.717) is 5.92 Å². The highest BCUT2D eigenvalue weighted by atomic mass is 16.3. The summed E-state index contributed by atoms with van der Waals surface area (Å²) in [6, 6.07) is 6.98. The van der Waals surface area contributed by atoms with Crippen LogP contribution in [0.3, 0.4) is 0 Å². The summed E-state index contributed by atoms with van der Waals surface area (Å²) in [5.41, 5.74) is 20.6. The van der Waals surface area contributed by atoms with Gasteiger partial charge in [-0.25, -0.2) is 9.97 Å². The molecule has 3 N–H and O–H groups in total. The summed E-state index contributed by atoms with van der Waals surface area (Å²) in [4.78, 5) is 18.8. The predicted octanol–water partition coefficient (Wildman–Crippen LogP) is 11.6. The van der Waals surface area contributed by atoms with Crippen molar-refractivity contribution in [3.05, 3.63) is 74.9 Å². The number of allylic oxidation sites excluding steroid dienone is 4. The maximum Gasteiger partial charge on any atom is 0.0766 e. The van der Waals surface area contributed by atoms with Crippen LogP contribution in [0, 0.1) is 5.92 Å². The lowest BCUT2D eigenvalue weighted by atomic mass is 9.92. The van der Waals surface area contributed by atoms with Crippen molar-refractivity contribution in [2.24, 2.45) is 5.92 Å². The van der Waals surface area contributed by atoms with Crippen LogP contribution in [0.5, 0.6) is 0 Å². The van der Waals surface area contributed by atoms with Gasteiger partial charge in [-0.05, 0) is 133 Å². The Balaban J connectivity index is 1.82. The molecule has 2 aliphatic heterocycles. The molecule has 1 aliphatic carbocycles. The first kappa shape index (κ1) is 35.1. The number of H-pyrrole nitrogens is 2. The highest BCUT2D eigenvalue weighted by Gasteiger charge is 2.27. The van der Waals surface area contributed by atoms with E-state index in [4.69, 9.17) is 9.97 Å². The molecule has 3 aromatic heterocycles. The summed E-state index contributed by atoms with van der Waals surface area (Å²) in [7, 11) is 0. The van der Waals surface area contributed by atoms with Gasteiger partial charge in [0, 0.05) is 27.6 Å². The van der Waals surface area contributed by atoms with Gasteiger partial charge < -0.3 is 15.1 Å². The Bertz CT molecular complexity index is 1850. The molecule has 1 fully saturated rings. The molecule has 0 radical (unpaired) electrons. The molecule has 1 saturated carbocycles. The van der Waals surface area contributed by atoms with Gasteiger partial charge in [-0.1, -0.05) is 80.4 Å². The highest BCUT2D eigenvalue weighted by molar-refractivity contribution is 5.99. The predicted molar refractivity (Wildman–Crippen MR) is 210 cm³/mol. The average molecular weight is 659 g/mol. The third-order valence-electron chi connectivity index (χ3n) is 11.5. The lowest BCUT2D eigenvalue weighted by molar-refractivity contribution is 0.156. The highest BCUT2D eigenvalue weighted by Crippen LogP contribution is 2.42. The summed E-state index contributed by atoms with van der Waals surface area (Å²) in [5, 5.41) is 11.4. The molecule has 0 amide bonds. The Labute approximate surface area is 294 Å². The molecule has 5 heteroatoms. The van der Waals surface area contributed by atoms with Crippen LogP contribution in [0.25, 0.3) is 50.4 Å². The SMILES string of the molecule is CCC1=C(CC)c2nc1cc1[nH]c(cc3[nH]c(cc4nc(c2/C=C/C(O)C2CCCC2)C(CC)=C4CC)c(CC)c3CC)c(CC)c1CC. The second-order valence-corrected chi connectivity index (χ2v) is 14.0. The van der Waals surface area contributed by atoms with Crippen LogP contribution in [0.2, 0.25) is 0 Å². The zero-order chi connectivity index (χ0) is 34.8. The van der Waals surface area contributed by atoms with Gasteiger partial charge >= 0.3 is 0 Å². The fourth-order valence-electron chi connectivity index (χ4n) is 9.03. The second kappa shape index (κ2) is 15.0. The number of fused-ring (bicyclic) bond motifs is 8. The van der Waals surface area contributed by atoms with Crippen LogP contribution in [-0.4, -0.2) is 31.1 Å². The van der Waals surface area contributed by atoms with E-state index in [1.54, 1.807) is 0 Å². The Morgan fingerprint density at radius 3 is 1.35 bits per heavy atom. The number of aryl methyl sites for hydroxylation is 4. The van der Waals surface area contributed by atoms with Crippen LogP contribution in [-0.2, 0) is 25.7 Å². The Hall–Kier alpha value is -3.70. The number of nitrogens with one attached hydrogen (secondary N) is 2. The monoisotopic (exact) mass is 658 g/mol. The van der Waals surface area contributed by atoms with Crippen molar-refractivity contribution in [1.29, 1.82) is 0 Å². The van der Waals surface area contributed by atoms with Crippen LogP contribution < -0.4 is 0 Å². The van der Waals surface area contributed by atoms with Gasteiger partial charge in [0.05, 0.1) is 28.9 Å². The third-order valence-corrected chi connectivity index (χ3v) is 11.5. The third kappa shape index (κ3) is 6.29. The first-order valence-electron chi connectivity index (χ1n) is 19.5. The minimum absolute atomic E-state index is 0.325. The molecule has 1 unspecified atom stereocenters. The van der Waals surface area contributed by atoms with E-state index in [2.05, 4.69) is 89.6 Å². The minimum atomic E-state index is -0.464. The van der Waals surface area contributed by atoms with Gasteiger partial charge in [-0.2, -0.15) is 0 Å². The van der Waals surface area contributed by atoms with Gasteiger partial charge in [0.1, 0.15) is 0 Å². The maximum atomic E-state index is 11.4. The Morgan fingerprint density at radius 1 is 0.592 bits per heavy atom. The Morgan fingerprint density at radius 2 is 0.980 bits per heavy atom. The summed E-state index contributed by atoms with van der Waals surface area (Å²) >= 11 is 0. The van der Waals surface area contributed by atoms with Gasteiger partial charge in [0.25, 0.3) is 0 Å². The van der Waals surface area contributed by atoms with Crippen molar-refractivity contribution in [3.8, 4) is 0 Å². The first-order valence-corrected chi connectivity index (χ1v) is 19.5. The lowest BCUT2D eigenvalue weighted by Crippen LogP contribution is -2.14. The van der Waals surface area contributed by atoms with Gasteiger partial charge in [-0.3, -0.25) is 0 Å². The molecule has 0 saturated heterocycles. The molecule has 5 nitrogen and oxygen atoms in total. The minimum Gasteiger partial charge on any atom is -0.389 e. The zero-order valence-electron chi connectivity index (χ0n) is 31.4. The van der Waals surface area contributed by atoms with Crippen molar-refractivity contribution in [2.45, 2.75) is 139 Å². The number of aromatic nitrogens is 4. The van der Waals surface area contributed by atoms with Gasteiger partial charge in [-0.15, -0.1) is 0 Å².